The van der Waals surface area contributed by atoms with Crippen molar-refractivity contribution in [2.75, 3.05) is 18.0 Å². The molecule has 0 unspecified atom stereocenters. The first-order chi connectivity index (χ1) is 6.83. The topological polar surface area (TPSA) is 20.3 Å². The molecule has 0 saturated heterocycles. The van der Waals surface area contributed by atoms with Gasteiger partial charge in [0.15, 0.2) is 6.29 Å². The number of benzene rings is 1. The average Bonchev–Trinajstić information content (AvgIpc) is 2.70. The van der Waals surface area contributed by atoms with Crippen molar-refractivity contribution in [2.45, 2.75) is 0 Å². The average molecular weight is 191 g/mol. The predicted octanol–water partition coefficient (Wildman–Crippen LogP) is 2.01. The van der Waals surface area contributed by atoms with E-state index in [1.54, 1.807) is 12.1 Å². The van der Waals surface area contributed by atoms with E-state index >= 15 is 0 Å². The molecule has 0 radical (unpaired) electrons. The van der Waals surface area contributed by atoms with E-state index in [1.165, 1.54) is 6.07 Å². The number of rotatable bonds is 2. The van der Waals surface area contributed by atoms with Crippen molar-refractivity contribution in [3.8, 4) is 0 Å². The van der Waals surface area contributed by atoms with E-state index in [0.717, 1.165) is 0 Å². The highest BCUT2D eigenvalue weighted by Gasteiger charge is 2.15. The lowest BCUT2D eigenvalue weighted by atomic mass is 10.1. The number of hydrogen-bond acceptors (Lipinski definition) is 2. The van der Waals surface area contributed by atoms with Crippen LogP contribution < -0.4 is 4.90 Å². The van der Waals surface area contributed by atoms with Gasteiger partial charge in [0.25, 0.3) is 0 Å². The van der Waals surface area contributed by atoms with Crippen LogP contribution in [-0.4, -0.2) is 19.4 Å². The Hall–Kier alpha value is -1.64. The van der Waals surface area contributed by atoms with Crippen molar-refractivity contribution in [1.82, 2.24) is 0 Å². The van der Waals surface area contributed by atoms with Crippen LogP contribution in [0.2, 0.25) is 0 Å². The number of halogens is 1. The first-order valence-corrected chi connectivity index (χ1v) is 4.46. The van der Waals surface area contributed by atoms with E-state index in [4.69, 9.17) is 0 Å². The zero-order valence-electron chi connectivity index (χ0n) is 7.61. The lowest BCUT2D eigenvalue weighted by Gasteiger charge is -2.19. The summed E-state index contributed by atoms with van der Waals surface area (Å²) in [6.07, 6.45) is 4.61. The largest absolute Gasteiger partial charge is 0.361 e. The molecule has 14 heavy (non-hydrogen) atoms. The van der Waals surface area contributed by atoms with Crippen LogP contribution in [0.25, 0.3) is 0 Å². The van der Waals surface area contributed by atoms with Gasteiger partial charge < -0.3 is 4.90 Å². The third-order valence-corrected chi connectivity index (χ3v) is 2.28. The maximum atomic E-state index is 13.5. The summed E-state index contributed by atoms with van der Waals surface area (Å²) in [7, 11) is 0. The number of carbonyl (C=O) groups excluding carboxylic acids is 1. The molecule has 1 aromatic rings. The normalized spacial score (nSPS) is 14.8. The summed E-state index contributed by atoms with van der Waals surface area (Å²) in [5.41, 5.74) is 0.821. The number of para-hydroxylation sites is 1. The summed E-state index contributed by atoms with van der Waals surface area (Å²) in [6, 6.07) is 4.55. The highest BCUT2D eigenvalue weighted by molar-refractivity contribution is 5.85. The van der Waals surface area contributed by atoms with E-state index < -0.39 is 0 Å². The van der Waals surface area contributed by atoms with Crippen LogP contribution in [0, 0.1) is 5.82 Å². The lowest BCUT2D eigenvalue weighted by Crippen LogP contribution is -2.21. The first-order valence-electron chi connectivity index (χ1n) is 4.46. The van der Waals surface area contributed by atoms with E-state index in [1.807, 2.05) is 17.1 Å². The highest BCUT2D eigenvalue weighted by Crippen LogP contribution is 2.24. The molecule has 0 fully saturated rings. The van der Waals surface area contributed by atoms with Gasteiger partial charge in [-0.2, -0.15) is 0 Å². The third-order valence-electron chi connectivity index (χ3n) is 2.28. The van der Waals surface area contributed by atoms with Gasteiger partial charge >= 0.3 is 0 Å². The molecule has 0 atom stereocenters. The Bertz CT molecular complexity index is 379. The minimum absolute atomic E-state index is 0.335. The fourth-order valence-corrected chi connectivity index (χ4v) is 1.62. The van der Waals surface area contributed by atoms with E-state index in [-0.39, 0.29) is 5.82 Å². The Labute approximate surface area is 81.6 Å². The van der Waals surface area contributed by atoms with Crippen LogP contribution >= 0.6 is 0 Å². The molecule has 0 amide bonds. The Morgan fingerprint density at radius 3 is 2.64 bits per heavy atom. The van der Waals surface area contributed by atoms with Gasteiger partial charge in [0.1, 0.15) is 5.82 Å². The molecular weight excluding hydrogens is 181 g/mol. The van der Waals surface area contributed by atoms with E-state index in [2.05, 4.69) is 0 Å². The molecule has 0 N–H and O–H groups in total. The molecule has 1 aromatic carbocycles. The first kappa shape index (κ1) is 8.94. The predicted molar refractivity (Wildman–Crippen MR) is 53.1 cm³/mol. The van der Waals surface area contributed by atoms with Crippen molar-refractivity contribution in [2.24, 2.45) is 0 Å². The van der Waals surface area contributed by atoms with Gasteiger partial charge in [0.2, 0.25) is 0 Å². The SMILES string of the molecule is O=Cc1cccc(F)c1N1CC=CC1. The third kappa shape index (κ3) is 1.41. The fourth-order valence-electron chi connectivity index (χ4n) is 1.62. The second-order valence-corrected chi connectivity index (χ2v) is 3.17. The Kier molecular flexibility index (Phi) is 2.31. The molecule has 0 aliphatic carbocycles. The van der Waals surface area contributed by atoms with Crippen LogP contribution in [0.3, 0.4) is 0 Å². The summed E-state index contributed by atoms with van der Waals surface area (Å²) in [5, 5.41) is 0. The smallest absolute Gasteiger partial charge is 0.152 e. The van der Waals surface area contributed by atoms with E-state index in [9.17, 15) is 9.18 Å². The fraction of sp³-hybridized carbons (Fsp3) is 0.182. The van der Waals surface area contributed by atoms with Crippen molar-refractivity contribution < 1.29 is 9.18 Å². The maximum absolute atomic E-state index is 13.5. The standard InChI is InChI=1S/C11H10FNO/c12-10-5-3-4-9(8-14)11(10)13-6-1-2-7-13/h1-5,8H,6-7H2. The molecule has 0 bridgehead atoms. The summed E-state index contributed by atoms with van der Waals surface area (Å²) < 4.78 is 13.5. The van der Waals surface area contributed by atoms with Gasteiger partial charge in [-0.25, -0.2) is 4.39 Å². The Morgan fingerprint density at radius 1 is 1.29 bits per heavy atom. The number of anilines is 1. The monoisotopic (exact) mass is 191 g/mol. The number of aldehydes is 1. The summed E-state index contributed by atoms with van der Waals surface area (Å²) in [5.74, 6) is -0.335. The number of carbonyl (C=O) groups is 1. The minimum atomic E-state index is -0.335. The van der Waals surface area contributed by atoms with Crippen LogP contribution in [0.5, 0.6) is 0 Å². The zero-order valence-corrected chi connectivity index (χ0v) is 7.61. The Balaban J connectivity index is 2.43. The zero-order chi connectivity index (χ0) is 9.97. The number of hydrogen-bond donors (Lipinski definition) is 0. The minimum Gasteiger partial charge on any atom is -0.361 e. The molecule has 0 aromatic heterocycles. The molecule has 1 aliphatic rings. The summed E-state index contributed by atoms with van der Waals surface area (Å²) in [6.45, 7) is 1.34. The highest BCUT2D eigenvalue weighted by atomic mass is 19.1. The number of nitrogens with zero attached hydrogens (tertiary/aromatic N) is 1. The van der Waals surface area contributed by atoms with Crippen molar-refractivity contribution >= 4 is 12.0 Å². The van der Waals surface area contributed by atoms with Gasteiger partial charge in [0.05, 0.1) is 5.69 Å². The second kappa shape index (κ2) is 3.62. The molecule has 1 heterocycles. The molecule has 0 spiro atoms. The summed E-state index contributed by atoms with van der Waals surface area (Å²) in [4.78, 5) is 12.6. The molecule has 72 valence electrons. The van der Waals surface area contributed by atoms with E-state index in [0.29, 0.717) is 30.6 Å². The lowest BCUT2D eigenvalue weighted by molar-refractivity contribution is 0.112. The second-order valence-electron chi connectivity index (χ2n) is 3.17. The molecule has 3 heteroatoms. The van der Waals surface area contributed by atoms with Gasteiger partial charge in [0, 0.05) is 18.7 Å². The van der Waals surface area contributed by atoms with Gasteiger partial charge in [-0.1, -0.05) is 18.2 Å². The molecule has 0 saturated carbocycles. The molecular formula is C11H10FNO. The van der Waals surface area contributed by atoms with Crippen LogP contribution in [0.15, 0.2) is 30.4 Å². The van der Waals surface area contributed by atoms with Gasteiger partial charge in [-0.05, 0) is 12.1 Å². The van der Waals surface area contributed by atoms with Crippen molar-refractivity contribution in [3.05, 3.63) is 41.7 Å². The van der Waals surface area contributed by atoms with Gasteiger partial charge in [-0.3, -0.25) is 4.79 Å². The maximum Gasteiger partial charge on any atom is 0.152 e. The van der Waals surface area contributed by atoms with Crippen LogP contribution in [0.1, 0.15) is 10.4 Å². The van der Waals surface area contributed by atoms with Crippen molar-refractivity contribution in [1.29, 1.82) is 0 Å². The quantitative estimate of drug-likeness (QED) is 0.526. The Morgan fingerprint density at radius 2 is 2.00 bits per heavy atom. The van der Waals surface area contributed by atoms with Gasteiger partial charge in [-0.15, -0.1) is 0 Å². The molecule has 2 rings (SSSR count). The van der Waals surface area contributed by atoms with Crippen LogP contribution in [-0.2, 0) is 0 Å². The summed E-state index contributed by atoms with van der Waals surface area (Å²) >= 11 is 0. The van der Waals surface area contributed by atoms with Crippen LogP contribution in [0.4, 0.5) is 10.1 Å². The molecule has 1 aliphatic heterocycles. The molecule has 2 nitrogen and oxygen atoms in total. The van der Waals surface area contributed by atoms with Crippen molar-refractivity contribution in [3.63, 3.8) is 0 Å².